The van der Waals surface area contributed by atoms with Crippen LogP contribution >= 0.6 is 0 Å². The van der Waals surface area contributed by atoms with E-state index in [9.17, 15) is 17.2 Å². The van der Waals surface area contributed by atoms with Crippen LogP contribution < -0.4 is 10.2 Å². The molecule has 1 saturated heterocycles. The zero-order valence-electron chi connectivity index (χ0n) is 11.2. The molecule has 112 valence electrons. The molecule has 1 aliphatic heterocycles. The monoisotopic (exact) mass is 304 g/mol. The molecule has 1 N–H and O–H groups in total. The molecule has 20 heavy (non-hydrogen) atoms. The van der Waals surface area contributed by atoms with Crippen LogP contribution in [-0.4, -0.2) is 40.4 Å². The third-order valence-corrected chi connectivity index (χ3v) is 4.95. The van der Waals surface area contributed by atoms with Gasteiger partial charge in [-0.3, -0.25) is 0 Å². The number of nitrogens with one attached hydrogen (secondary N) is 1. The van der Waals surface area contributed by atoms with E-state index in [0.29, 0.717) is 6.04 Å². The molecular weight excluding hydrogens is 286 g/mol. The summed E-state index contributed by atoms with van der Waals surface area (Å²) in [6.07, 6.45) is 2.14. The number of sulfone groups is 1. The van der Waals surface area contributed by atoms with Crippen molar-refractivity contribution in [2.75, 3.05) is 25.0 Å². The Balaban J connectivity index is 2.20. The number of hydrogen-bond donors (Lipinski definition) is 1. The zero-order valence-corrected chi connectivity index (χ0v) is 12.0. The molecule has 0 aromatic heterocycles. The number of halogens is 2. The predicted molar refractivity (Wildman–Crippen MR) is 73.9 cm³/mol. The minimum Gasteiger partial charge on any atom is -0.367 e. The molecule has 1 heterocycles. The van der Waals surface area contributed by atoms with Crippen molar-refractivity contribution in [3.8, 4) is 0 Å². The lowest BCUT2D eigenvalue weighted by Crippen LogP contribution is -2.36. The average molecular weight is 304 g/mol. The summed E-state index contributed by atoms with van der Waals surface area (Å²) in [5, 5.41) is 3.12. The summed E-state index contributed by atoms with van der Waals surface area (Å²) < 4.78 is 47.6. The average Bonchev–Trinajstić information content (AvgIpc) is 2.87. The highest BCUT2D eigenvalue weighted by molar-refractivity contribution is 7.91. The number of anilines is 1. The Hall–Kier alpha value is -1.21. The van der Waals surface area contributed by atoms with Gasteiger partial charge in [0.2, 0.25) is 9.84 Å². The fraction of sp³-hybridized carbons (Fsp3) is 0.538. The zero-order chi connectivity index (χ0) is 14.8. The number of alkyl halides is 2. The maximum atomic E-state index is 12.5. The molecule has 0 radical (unpaired) electrons. The van der Waals surface area contributed by atoms with Crippen molar-refractivity contribution in [2.45, 2.75) is 29.5 Å². The van der Waals surface area contributed by atoms with Crippen LogP contribution in [0.1, 0.15) is 12.8 Å². The highest BCUT2D eigenvalue weighted by Gasteiger charge is 2.28. The third kappa shape index (κ3) is 2.93. The number of rotatable bonds is 5. The maximum Gasteiger partial charge on any atom is 0.341 e. The van der Waals surface area contributed by atoms with Crippen LogP contribution in [0, 0.1) is 0 Å². The van der Waals surface area contributed by atoms with Gasteiger partial charge < -0.3 is 10.2 Å². The van der Waals surface area contributed by atoms with Crippen LogP contribution in [-0.2, 0) is 9.84 Å². The first-order valence-corrected chi connectivity index (χ1v) is 8.05. The Morgan fingerprint density at radius 3 is 2.55 bits per heavy atom. The first-order valence-electron chi connectivity index (χ1n) is 6.50. The Morgan fingerprint density at radius 1 is 1.35 bits per heavy atom. The molecule has 2 rings (SSSR count). The fourth-order valence-electron chi connectivity index (χ4n) is 2.55. The van der Waals surface area contributed by atoms with E-state index in [0.717, 1.165) is 31.6 Å². The lowest BCUT2D eigenvalue weighted by molar-refractivity contribution is 0.234. The molecule has 1 fully saturated rings. The molecule has 1 aliphatic rings. The second-order valence-electron chi connectivity index (χ2n) is 4.85. The second-order valence-corrected chi connectivity index (χ2v) is 6.76. The first kappa shape index (κ1) is 15.2. The van der Waals surface area contributed by atoms with Gasteiger partial charge in [0.1, 0.15) is 0 Å². The van der Waals surface area contributed by atoms with Crippen LogP contribution in [0.5, 0.6) is 0 Å². The summed E-state index contributed by atoms with van der Waals surface area (Å²) in [6, 6.07) is 6.07. The lowest BCUT2D eigenvalue weighted by atomic mass is 10.2. The smallest absolute Gasteiger partial charge is 0.341 e. The number of nitrogens with zero attached hydrogens (tertiary/aromatic N) is 1. The maximum absolute atomic E-state index is 12.5. The Kier molecular flexibility index (Phi) is 4.59. The van der Waals surface area contributed by atoms with Crippen molar-refractivity contribution in [3.63, 3.8) is 0 Å². The van der Waals surface area contributed by atoms with E-state index in [4.69, 9.17) is 0 Å². The minimum atomic E-state index is -4.51. The molecule has 0 amide bonds. The summed E-state index contributed by atoms with van der Waals surface area (Å²) in [5.74, 6) is -3.38. The van der Waals surface area contributed by atoms with Crippen LogP contribution in [0.15, 0.2) is 29.2 Å². The van der Waals surface area contributed by atoms with Gasteiger partial charge in [-0.05, 0) is 44.2 Å². The summed E-state index contributed by atoms with van der Waals surface area (Å²) in [4.78, 5) is 1.84. The molecule has 1 atom stereocenters. The van der Waals surface area contributed by atoms with Crippen molar-refractivity contribution in [3.05, 3.63) is 24.3 Å². The van der Waals surface area contributed by atoms with E-state index in [-0.39, 0.29) is 4.90 Å². The van der Waals surface area contributed by atoms with Crippen molar-refractivity contribution >= 4 is 15.5 Å². The molecule has 0 bridgehead atoms. The van der Waals surface area contributed by atoms with Gasteiger partial charge in [0, 0.05) is 24.8 Å². The molecule has 0 aliphatic carbocycles. The highest BCUT2D eigenvalue weighted by atomic mass is 32.2. The van der Waals surface area contributed by atoms with E-state index in [2.05, 4.69) is 10.2 Å². The van der Waals surface area contributed by atoms with Crippen molar-refractivity contribution < 1.29 is 17.2 Å². The van der Waals surface area contributed by atoms with E-state index in [1.807, 2.05) is 7.05 Å². The molecule has 4 nitrogen and oxygen atoms in total. The van der Waals surface area contributed by atoms with Gasteiger partial charge in [0.25, 0.3) is 0 Å². The largest absolute Gasteiger partial charge is 0.367 e. The van der Waals surface area contributed by atoms with Gasteiger partial charge in [-0.15, -0.1) is 0 Å². The topological polar surface area (TPSA) is 49.4 Å². The summed E-state index contributed by atoms with van der Waals surface area (Å²) in [7, 11) is -2.62. The Labute approximate surface area is 117 Å². The minimum absolute atomic E-state index is 0.333. The number of benzene rings is 1. The predicted octanol–water partition coefficient (Wildman–Crippen LogP) is 1.87. The number of hydrogen-bond acceptors (Lipinski definition) is 4. The lowest BCUT2D eigenvalue weighted by Gasteiger charge is -2.26. The molecule has 0 spiro atoms. The van der Waals surface area contributed by atoms with Crippen LogP contribution in [0.2, 0.25) is 0 Å². The SMILES string of the molecule is CNCC1CCCN1c1ccc(S(=O)(=O)C(F)F)cc1. The molecule has 1 aromatic rings. The fourth-order valence-corrected chi connectivity index (χ4v) is 3.27. The van der Waals surface area contributed by atoms with Crippen LogP contribution in [0.25, 0.3) is 0 Å². The first-order chi connectivity index (χ1) is 9.46. The van der Waals surface area contributed by atoms with Gasteiger partial charge in [-0.2, -0.15) is 8.78 Å². The van der Waals surface area contributed by atoms with Gasteiger partial charge in [-0.1, -0.05) is 0 Å². The number of likely N-dealkylation sites (N-methyl/N-ethyl adjacent to an activating group) is 1. The second kappa shape index (κ2) is 6.05. The van der Waals surface area contributed by atoms with Crippen molar-refractivity contribution in [1.29, 1.82) is 0 Å². The van der Waals surface area contributed by atoms with Gasteiger partial charge >= 0.3 is 5.76 Å². The Morgan fingerprint density at radius 2 is 2.00 bits per heavy atom. The molecule has 1 aromatic carbocycles. The van der Waals surface area contributed by atoms with E-state index in [1.165, 1.54) is 12.1 Å². The highest BCUT2D eigenvalue weighted by Crippen LogP contribution is 2.27. The van der Waals surface area contributed by atoms with E-state index in [1.54, 1.807) is 12.1 Å². The van der Waals surface area contributed by atoms with Gasteiger partial charge in [0.05, 0.1) is 4.90 Å². The van der Waals surface area contributed by atoms with E-state index >= 15 is 0 Å². The standard InChI is InChI=1S/C13H18F2N2O2S/c1-16-9-11-3-2-8-17(11)10-4-6-12(7-5-10)20(18,19)13(14)15/h4-7,11,13,16H,2-3,8-9H2,1H3. The third-order valence-electron chi connectivity index (χ3n) is 3.55. The van der Waals surface area contributed by atoms with Gasteiger partial charge in [-0.25, -0.2) is 8.42 Å². The van der Waals surface area contributed by atoms with Crippen LogP contribution in [0.3, 0.4) is 0 Å². The molecule has 0 saturated carbocycles. The Bertz CT molecular complexity index is 546. The summed E-state index contributed by atoms with van der Waals surface area (Å²) >= 11 is 0. The molecule has 7 heteroatoms. The molecule has 1 unspecified atom stereocenters. The molecular formula is C13H18F2N2O2S. The van der Waals surface area contributed by atoms with Gasteiger partial charge in [0.15, 0.2) is 0 Å². The van der Waals surface area contributed by atoms with Crippen molar-refractivity contribution in [1.82, 2.24) is 5.32 Å². The summed E-state index contributed by atoms with van der Waals surface area (Å²) in [5.41, 5.74) is 0.871. The quantitative estimate of drug-likeness (QED) is 0.902. The van der Waals surface area contributed by atoms with E-state index < -0.39 is 15.6 Å². The summed E-state index contributed by atoms with van der Waals surface area (Å²) in [6.45, 7) is 1.74. The normalized spacial score (nSPS) is 19.8. The van der Waals surface area contributed by atoms with Crippen LogP contribution in [0.4, 0.5) is 14.5 Å². The van der Waals surface area contributed by atoms with Crippen molar-refractivity contribution in [2.24, 2.45) is 0 Å².